The van der Waals surface area contributed by atoms with Crippen LogP contribution in [0.15, 0.2) is 12.4 Å². The first-order chi connectivity index (χ1) is 8.35. The standard InChI is InChI=1S/C11H17N5S/c1-3-5-9-13-6-7-16(9)11-15-14-10(17-11)8-12-4-2/h6-7,12H,3-5,8H2,1-2H3. The summed E-state index contributed by atoms with van der Waals surface area (Å²) in [5, 5.41) is 13.5. The Kier molecular flexibility index (Phi) is 4.22. The summed E-state index contributed by atoms with van der Waals surface area (Å²) in [5.74, 6) is 1.05. The molecular weight excluding hydrogens is 234 g/mol. The van der Waals surface area contributed by atoms with E-state index in [2.05, 4.69) is 34.3 Å². The molecule has 0 aliphatic heterocycles. The van der Waals surface area contributed by atoms with E-state index in [0.29, 0.717) is 0 Å². The highest BCUT2D eigenvalue weighted by molar-refractivity contribution is 7.13. The largest absolute Gasteiger partial charge is 0.311 e. The van der Waals surface area contributed by atoms with Crippen LogP contribution < -0.4 is 5.32 Å². The van der Waals surface area contributed by atoms with Crippen molar-refractivity contribution < 1.29 is 0 Å². The van der Waals surface area contributed by atoms with E-state index in [-0.39, 0.29) is 0 Å². The summed E-state index contributed by atoms with van der Waals surface area (Å²) in [7, 11) is 0. The number of nitrogens with one attached hydrogen (secondary N) is 1. The van der Waals surface area contributed by atoms with E-state index in [0.717, 1.165) is 41.9 Å². The van der Waals surface area contributed by atoms with Gasteiger partial charge in [0.15, 0.2) is 0 Å². The minimum Gasteiger partial charge on any atom is -0.311 e. The summed E-state index contributed by atoms with van der Waals surface area (Å²) in [6.45, 7) is 5.96. The highest BCUT2D eigenvalue weighted by atomic mass is 32.1. The van der Waals surface area contributed by atoms with Crippen molar-refractivity contribution in [2.75, 3.05) is 6.54 Å². The number of aryl methyl sites for hydroxylation is 1. The Morgan fingerprint density at radius 2 is 2.24 bits per heavy atom. The van der Waals surface area contributed by atoms with Crippen molar-refractivity contribution in [3.05, 3.63) is 23.2 Å². The van der Waals surface area contributed by atoms with E-state index < -0.39 is 0 Å². The van der Waals surface area contributed by atoms with Crippen molar-refractivity contribution in [1.29, 1.82) is 0 Å². The van der Waals surface area contributed by atoms with Gasteiger partial charge in [0.1, 0.15) is 10.8 Å². The lowest BCUT2D eigenvalue weighted by molar-refractivity contribution is 0.713. The summed E-state index contributed by atoms with van der Waals surface area (Å²) < 4.78 is 2.02. The van der Waals surface area contributed by atoms with E-state index in [4.69, 9.17) is 0 Å². The van der Waals surface area contributed by atoms with Gasteiger partial charge in [-0.25, -0.2) is 4.98 Å². The minimum absolute atomic E-state index is 0.784. The molecule has 0 aromatic carbocycles. The van der Waals surface area contributed by atoms with Gasteiger partial charge in [0.05, 0.1) is 0 Å². The molecule has 2 heterocycles. The van der Waals surface area contributed by atoms with Gasteiger partial charge in [-0.1, -0.05) is 25.2 Å². The van der Waals surface area contributed by atoms with Crippen LogP contribution in [0.25, 0.3) is 5.13 Å². The summed E-state index contributed by atoms with van der Waals surface area (Å²) in [5.41, 5.74) is 0. The quantitative estimate of drug-likeness (QED) is 0.850. The van der Waals surface area contributed by atoms with Gasteiger partial charge < -0.3 is 5.32 Å². The van der Waals surface area contributed by atoms with Gasteiger partial charge in [-0.3, -0.25) is 4.57 Å². The second-order valence-electron chi connectivity index (χ2n) is 3.72. The third kappa shape index (κ3) is 2.89. The molecular formula is C11H17N5S. The molecule has 0 radical (unpaired) electrons. The minimum atomic E-state index is 0.784. The Bertz CT molecular complexity index is 462. The molecule has 6 heteroatoms. The first kappa shape index (κ1) is 12.2. The van der Waals surface area contributed by atoms with Crippen LogP contribution in [0, 0.1) is 0 Å². The van der Waals surface area contributed by atoms with Crippen LogP contribution in [0.3, 0.4) is 0 Å². The highest BCUT2D eigenvalue weighted by Crippen LogP contribution is 2.16. The van der Waals surface area contributed by atoms with Crippen LogP contribution in [0.1, 0.15) is 31.1 Å². The Morgan fingerprint density at radius 3 is 3.00 bits per heavy atom. The normalized spacial score (nSPS) is 10.9. The summed E-state index contributed by atoms with van der Waals surface area (Å²) in [6.07, 6.45) is 5.81. The van der Waals surface area contributed by atoms with E-state index in [1.54, 1.807) is 11.3 Å². The average molecular weight is 251 g/mol. The second kappa shape index (κ2) is 5.88. The molecule has 5 nitrogen and oxygen atoms in total. The third-order valence-electron chi connectivity index (χ3n) is 2.38. The molecule has 0 saturated carbocycles. The van der Waals surface area contributed by atoms with Crippen LogP contribution in [-0.2, 0) is 13.0 Å². The molecule has 2 aromatic rings. The molecule has 2 aromatic heterocycles. The fraction of sp³-hybridized carbons (Fsp3) is 0.545. The Balaban J connectivity index is 2.15. The molecule has 0 aliphatic carbocycles. The lowest BCUT2D eigenvalue weighted by Gasteiger charge is -2.00. The van der Waals surface area contributed by atoms with Crippen molar-refractivity contribution in [3.63, 3.8) is 0 Å². The highest BCUT2D eigenvalue weighted by Gasteiger charge is 2.09. The average Bonchev–Trinajstić information content (AvgIpc) is 2.95. The summed E-state index contributed by atoms with van der Waals surface area (Å²) >= 11 is 1.61. The lowest BCUT2D eigenvalue weighted by atomic mass is 10.3. The second-order valence-corrected chi connectivity index (χ2v) is 4.76. The van der Waals surface area contributed by atoms with Crippen molar-refractivity contribution in [2.24, 2.45) is 0 Å². The fourth-order valence-electron chi connectivity index (χ4n) is 1.56. The van der Waals surface area contributed by atoms with Gasteiger partial charge in [0, 0.05) is 25.4 Å². The predicted octanol–water partition coefficient (Wildman–Crippen LogP) is 1.79. The van der Waals surface area contributed by atoms with Gasteiger partial charge in [-0.2, -0.15) is 0 Å². The van der Waals surface area contributed by atoms with Crippen molar-refractivity contribution in [2.45, 2.75) is 33.2 Å². The molecule has 0 amide bonds. The summed E-state index contributed by atoms with van der Waals surface area (Å²) in [4.78, 5) is 4.34. The molecule has 0 unspecified atom stereocenters. The van der Waals surface area contributed by atoms with Crippen LogP contribution in [0.5, 0.6) is 0 Å². The van der Waals surface area contributed by atoms with Crippen molar-refractivity contribution >= 4 is 11.3 Å². The zero-order chi connectivity index (χ0) is 12.1. The number of imidazole rings is 1. The van der Waals surface area contributed by atoms with Gasteiger partial charge in [0.25, 0.3) is 0 Å². The van der Waals surface area contributed by atoms with Gasteiger partial charge in [0.2, 0.25) is 5.13 Å². The van der Waals surface area contributed by atoms with Gasteiger partial charge >= 0.3 is 0 Å². The molecule has 92 valence electrons. The summed E-state index contributed by atoms with van der Waals surface area (Å²) in [6, 6.07) is 0. The Hall–Kier alpha value is -1.27. The molecule has 0 bridgehead atoms. The monoisotopic (exact) mass is 251 g/mol. The zero-order valence-electron chi connectivity index (χ0n) is 10.2. The van der Waals surface area contributed by atoms with Gasteiger partial charge in [-0.05, 0) is 13.0 Å². The van der Waals surface area contributed by atoms with Crippen LogP contribution in [0.2, 0.25) is 0 Å². The van der Waals surface area contributed by atoms with Gasteiger partial charge in [-0.15, -0.1) is 10.2 Å². The molecule has 0 fully saturated rings. The van der Waals surface area contributed by atoms with E-state index in [9.17, 15) is 0 Å². The zero-order valence-corrected chi connectivity index (χ0v) is 11.0. The Morgan fingerprint density at radius 1 is 1.35 bits per heavy atom. The van der Waals surface area contributed by atoms with Crippen molar-refractivity contribution in [3.8, 4) is 5.13 Å². The van der Waals surface area contributed by atoms with Crippen LogP contribution >= 0.6 is 11.3 Å². The fourth-order valence-corrected chi connectivity index (χ4v) is 2.38. The van der Waals surface area contributed by atoms with E-state index >= 15 is 0 Å². The molecule has 0 aliphatic rings. The lowest BCUT2D eigenvalue weighted by Crippen LogP contribution is -2.11. The van der Waals surface area contributed by atoms with Crippen LogP contribution in [-0.4, -0.2) is 26.3 Å². The number of hydrogen-bond acceptors (Lipinski definition) is 5. The number of rotatable bonds is 6. The maximum absolute atomic E-state index is 4.34. The van der Waals surface area contributed by atoms with E-state index in [1.165, 1.54) is 0 Å². The smallest absolute Gasteiger partial charge is 0.217 e. The molecule has 17 heavy (non-hydrogen) atoms. The third-order valence-corrected chi connectivity index (χ3v) is 3.30. The topological polar surface area (TPSA) is 55.6 Å². The molecule has 0 spiro atoms. The Labute approximate surface area is 105 Å². The number of hydrogen-bond donors (Lipinski definition) is 1. The first-order valence-electron chi connectivity index (χ1n) is 5.90. The molecule has 2 rings (SSSR count). The SMILES string of the molecule is CCCc1nccn1-c1nnc(CNCC)s1. The molecule has 0 atom stereocenters. The molecule has 0 saturated heterocycles. The first-order valence-corrected chi connectivity index (χ1v) is 6.72. The maximum atomic E-state index is 4.34. The van der Waals surface area contributed by atoms with Crippen LogP contribution in [0.4, 0.5) is 0 Å². The van der Waals surface area contributed by atoms with E-state index in [1.807, 2.05) is 17.0 Å². The number of nitrogens with zero attached hydrogens (tertiary/aromatic N) is 4. The maximum Gasteiger partial charge on any atom is 0.217 e. The predicted molar refractivity (Wildman–Crippen MR) is 68.4 cm³/mol. The van der Waals surface area contributed by atoms with Crippen molar-refractivity contribution in [1.82, 2.24) is 25.1 Å². The number of aromatic nitrogens is 4. The molecule has 1 N–H and O–H groups in total.